The molecule has 104 valence electrons. The first-order chi connectivity index (χ1) is 8.88. The van der Waals surface area contributed by atoms with Crippen molar-refractivity contribution in [2.24, 2.45) is 5.73 Å². The summed E-state index contributed by atoms with van der Waals surface area (Å²) in [5.41, 5.74) is 4.89. The second-order valence-electron chi connectivity index (χ2n) is 3.90. The van der Waals surface area contributed by atoms with Gasteiger partial charge in [0, 0.05) is 0 Å². The van der Waals surface area contributed by atoms with Crippen LogP contribution in [0.2, 0.25) is 0 Å². The molecular formula is C11H15N3O5. The van der Waals surface area contributed by atoms with Crippen molar-refractivity contribution in [3.8, 4) is 0 Å². The van der Waals surface area contributed by atoms with Crippen molar-refractivity contribution < 1.29 is 23.9 Å². The van der Waals surface area contributed by atoms with E-state index in [-0.39, 0.29) is 6.54 Å². The van der Waals surface area contributed by atoms with Crippen LogP contribution in [0.4, 0.5) is 4.79 Å². The molecular weight excluding hydrogens is 254 g/mol. The lowest BCUT2D eigenvalue weighted by molar-refractivity contribution is -0.140. The lowest BCUT2D eigenvalue weighted by Gasteiger charge is -2.13. The first-order valence-corrected chi connectivity index (χ1v) is 5.49. The fourth-order valence-corrected chi connectivity index (χ4v) is 1.36. The number of aliphatic carboxylic acids is 1. The molecule has 0 saturated heterocycles. The lowest BCUT2D eigenvalue weighted by atomic mass is 10.2. The van der Waals surface area contributed by atoms with Crippen molar-refractivity contribution in [1.29, 1.82) is 0 Å². The monoisotopic (exact) mass is 269 g/mol. The van der Waals surface area contributed by atoms with Crippen molar-refractivity contribution in [1.82, 2.24) is 10.6 Å². The van der Waals surface area contributed by atoms with E-state index in [2.05, 4.69) is 10.6 Å². The number of nitrogens with one attached hydrogen (secondary N) is 2. The third-order valence-corrected chi connectivity index (χ3v) is 2.23. The van der Waals surface area contributed by atoms with Gasteiger partial charge in [0.2, 0.25) is 5.91 Å². The zero-order valence-corrected chi connectivity index (χ0v) is 10.3. The summed E-state index contributed by atoms with van der Waals surface area (Å²) >= 11 is 0. The molecule has 0 aromatic carbocycles. The van der Waals surface area contributed by atoms with E-state index in [0.29, 0.717) is 11.5 Å². The quantitative estimate of drug-likeness (QED) is 0.563. The predicted octanol–water partition coefficient (Wildman–Crippen LogP) is -0.284. The lowest BCUT2D eigenvalue weighted by Crippen LogP contribution is -2.47. The molecule has 5 N–H and O–H groups in total. The van der Waals surface area contributed by atoms with E-state index >= 15 is 0 Å². The molecule has 1 rings (SSSR count). The molecule has 1 aromatic heterocycles. The van der Waals surface area contributed by atoms with Crippen molar-refractivity contribution in [2.75, 3.05) is 0 Å². The first-order valence-electron chi connectivity index (χ1n) is 5.49. The number of primary amides is 1. The molecule has 0 aliphatic carbocycles. The highest BCUT2D eigenvalue weighted by Crippen LogP contribution is 2.05. The van der Waals surface area contributed by atoms with Gasteiger partial charge in [-0.05, 0) is 19.1 Å². The summed E-state index contributed by atoms with van der Waals surface area (Å²) in [6.07, 6.45) is -0.470. The first kappa shape index (κ1) is 14.6. The summed E-state index contributed by atoms with van der Waals surface area (Å²) in [6.45, 7) is 1.87. The number of carboxylic acids is 1. The van der Waals surface area contributed by atoms with Crippen LogP contribution in [0.3, 0.4) is 0 Å². The van der Waals surface area contributed by atoms with Gasteiger partial charge in [-0.3, -0.25) is 4.79 Å². The summed E-state index contributed by atoms with van der Waals surface area (Å²) in [7, 11) is 0. The van der Waals surface area contributed by atoms with Gasteiger partial charge in [-0.15, -0.1) is 0 Å². The van der Waals surface area contributed by atoms with Gasteiger partial charge in [0.15, 0.2) is 0 Å². The van der Waals surface area contributed by atoms with Gasteiger partial charge in [0.05, 0.1) is 13.0 Å². The molecule has 1 heterocycles. The van der Waals surface area contributed by atoms with Crippen LogP contribution < -0.4 is 16.4 Å². The molecule has 0 radical (unpaired) electrons. The number of hydrogen-bond acceptors (Lipinski definition) is 4. The Morgan fingerprint density at radius 3 is 2.58 bits per heavy atom. The molecule has 0 aliphatic heterocycles. The van der Waals surface area contributed by atoms with Crippen molar-refractivity contribution in [3.63, 3.8) is 0 Å². The number of furan rings is 1. The summed E-state index contributed by atoms with van der Waals surface area (Å²) < 4.78 is 5.22. The number of nitrogens with two attached hydrogens (primary N) is 1. The second-order valence-corrected chi connectivity index (χ2v) is 3.90. The van der Waals surface area contributed by atoms with E-state index in [9.17, 15) is 14.4 Å². The van der Waals surface area contributed by atoms with Gasteiger partial charge in [0.1, 0.15) is 17.6 Å². The molecule has 0 fully saturated rings. The minimum absolute atomic E-state index is 0.114. The zero-order chi connectivity index (χ0) is 14.4. The van der Waals surface area contributed by atoms with Gasteiger partial charge in [-0.25, -0.2) is 9.59 Å². The van der Waals surface area contributed by atoms with E-state index < -0.39 is 30.4 Å². The van der Waals surface area contributed by atoms with Crippen LogP contribution in [-0.2, 0) is 16.1 Å². The fourth-order valence-electron chi connectivity index (χ4n) is 1.36. The molecule has 0 spiro atoms. The topological polar surface area (TPSA) is 135 Å². The SMILES string of the molecule is Cc1ccc(CNC(=O)NC(CC(N)=O)C(=O)O)o1. The van der Waals surface area contributed by atoms with Gasteiger partial charge in [0.25, 0.3) is 0 Å². The maximum Gasteiger partial charge on any atom is 0.326 e. The number of carboxylic acid groups (broad SMARTS) is 1. The van der Waals surface area contributed by atoms with Crippen molar-refractivity contribution in [2.45, 2.75) is 25.9 Å². The van der Waals surface area contributed by atoms with E-state index in [4.69, 9.17) is 15.3 Å². The molecule has 0 bridgehead atoms. The highest BCUT2D eigenvalue weighted by Gasteiger charge is 2.21. The Balaban J connectivity index is 2.44. The second kappa shape index (κ2) is 6.43. The number of aryl methyl sites for hydroxylation is 1. The third kappa shape index (κ3) is 5.11. The van der Waals surface area contributed by atoms with E-state index in [1.807, 2.05) is 0 Å². The molecule has 0 saturated carbocycles. The summed E-state index contributed by atoms with van der Waals surface area (Å²) in [6, 6.07) is 1.36. The third-order valence-electron chi connectivity index (χ3n) is 2.23. The normalized spacial score (nSPS) is 11.6. The van der Waals surface area contributed by atoms with Gasteiger partial charge in [-0.1, -0.05) is 0 Å². The Morgan fingerprint density at radius 1 is 1.42 bits per heavy atom. The van der Waals surface area contributed by atoms with Crippen LogP contribution in [0.1, 0.15) is 17.9 Å². The molecule has 3 amide bonds. The Hall–Kier alpha value is -2.51. The summed E-state index contributed by atoms with van der Waals surface area (Å²) in [5.74, 6) is -0.902. The number of rotatable bonds is 6. The van der Waals surface area contributed by atoms with Gasteiger partial charge >= 0.3 is 12.0 Å². The van der Waals surface area contributed by atoms with Gasteiger partial charge in [-0.2, -0.15) is 0 Å². The maximum atomic E-state index is 11.4. The van der Waals surface area contributed by atoms with E-state index in [0.717, 1.165) is 0 Å². The molecule has 8 nitrogen and oxygen atoms in total. The number of hydrogen-bond donors (Lipinski definition) is 4. The molecule has 8 heteroatoms. The van der Waals surface area contributed by atoms with Crippen molar-refractivity contribution in [3.05, 3.63) is 23.7 Å². The Labute approximate surface area is 108 Å². The average Bonchev–Trinajstić information content (AvgIpc) is 2.71. The van der Waals surface area contributed by atoms with Crippen LogP contribution in [0, 0.1) is 6.92 Å². The van der Waals surface area contributed by atoms with Gasteiger partial charge < -0.3 is 25.9 Å². The maximum absolute atomic E-state index is 11.4. The van der Waals surface area contributed by atoms with Crippen LogP contribution in [-0.4, -0.2) is 29.1 Å². The molecule has 19 heavy (non-hydrogen) atoms. The van der Waals surface area contributed by atoms with E-state index in [1.54, 1.807) is 19.1 Å². The zero-order valence-electron chi connectivity index (χ0n) is 10.3. The average molecular weight is 269 g/mol. The number of urea groups is 1. The number of amides is 3. The standard InChI is InChI=1S/C11H15N3O5/c1-6-2-3-7(19-6)5-13-11(18)14-8(10(16)17)4-9(12)15/h2-3,8H,4-5H2,1H3,(H2,12,15)(H,16,17)(H2,13,14,18). The highest BCUT2D eigenvalue weighted by atomic mass is 16.4. The Kier molecular flexibility index (Phi) is 4.92. The van der Waals surface area contributed by atoms with Crippen LogP contribution in [0.15, 0.2) is 16.5 Å². The minimum atomic E-state index is -1.35. The number of carbonyl (C=O) groups is 3. The van der Waals surface area contributed by atoms with Crippen LogP contribution in [0.5, 0.6) is 0 Å². The Bertz CT molecular complexity index is 482. The molecule has 1 unspecified atom stereocenters. The van der Waals surface area contributed by atoms with Crippen molar-refractivity contribution >= 4 is 17.9 Å². The number of carbonyl (C=O) groups excluding carboxylic acids is 2. The largest absolute Gasteiger partial charge is 0.480 e. The molecule has 0 aliphatic rings. The smallest absolute Gasteiger partial charge is 0.326 e. The highest BCUT2D eigenvalue weighted by molar-refractivity contribution is 5.87. The molecule has 1 aromatic rings. The predicted molar refractivity (Wildman–Crippen MR) is 64.1 cm³/mol. The Morgan fingerprint density at radius 2 is 2.11 bits per heavy atom. The minimum Gasteiger partial charge on any atom is -0.480 e. The van der Waals surface area contributed by atoms with Crippen LogP contribution >= 0.6 is 0 Å². The summed E-state index contributed by atoms with van der Waals surface area (Å²) in [5, 5.41) is 13.3. The van der Waals surface area contributed by atoms with Crippen LogP contribution in [0.25, 0.3) is 0 Å². The summed E-state index contributed by atoms with van der Waals surface area (Å²) in [4.78, 5) is 32.9. The fraction of sp³-hybridized carbons (Fsp3) is 0.364. The van der Waals surface area contributed by atoms with E-state index in [1.165, 1.54) is 0 Å². The molecule has 1 atom stereocenters.